The second-order valence-corrected chi connectivity index (χ2v) is 1.90. The normalized spacial score (nSPS) is 14.1. The van der Waals surface area contributed by atoms with Crippen molar-refractivity contribution < 1.29 is 13.2 Å². The SMILES string of the molecule is CC/C(F)=C\C(C)(F)F. The van der Waals surface area contributed by atoms with Gasteiger partial charge in [-0.2, -0.15) is 0 Å². The van der Waals surface area contributed by atoms with Gasteiger partial charge in [-0.1, -0.05) is 6.92 Å². The second-order valence-electron chi connectivity index (χ2n) is 1.90. The van der Waals surface area contributed by atoms with Crippen molar-refractivity contribution in [2.45, 2.75) is 26.2 Å². The van der Waals surface area contributed by atoms with Crippen LogP contribution in [0.1, 0.15) is 20.3 Å². The molecule has 0 rings (SSSR count). The van der Waals surface area contributed by atoms with Crippen LogP contribution in [0.15, 0.2) is 11.9 Å². The molecule has 0 aliphatic heterocycles. The molecule has 0 unspecified atom stereocenters. The monoisotopic (exact) mass is 138 g/mol. The van der Waals surface area contributed by atoms with Gasteiger partial charge >= 0.3 is 0 Å². The summed E-state index contributed by atoms with van der Waals surface area (Å²) in [6.45, 7) is 2.14. The van der Waals surface area contributed by atoms with Gasteiger partial charge in [-0.05, 0) is 6.42 Å². The van der Waals surface area contributed by atoms with Crippen molar-refractivity contribution in [2.75, 3.05) is 0 Å². The molecule has 0 aromatic rings. The fourth-order valence-corrected chi connectivity index (χ4v) is 0.377. The molecule has 0 bridgehead atoms. The van der Waals surface area contributed by atoms with E-state index in [1.807, 2.05) is 0 Å². The highest BCUT2D eigenvalue weighted by molar-refractivity contribution is 4.97. The molecule has 3 heteroatoms. The lowest BCUT2D eigenvalue weighted by Gasteiger charge is -2.01. The summed E-state index contributed by atoms with van der Waals surface area (Å²) >= 11 is 0. The zero-order valence-electron chi connectivity index (χ0n) is 5.42. The molecule has 0 saturated heterocycles. The third kappa shape index (κ3) is 5.40. The van der Waals surface area contributed by atoms with Gasteiger partial charge in [0, 0.05) is 13.0 Å². The van der Waals surface area contributed by atoms with Gasteiger partial charge in [-0.15, -0.1) is 0 Å². The van der Waals surface area contributed by atoms with Crippen LogP contribution in [0.4, 0.5) is 13.2 Å². The fourth-order valence-electron chi connectivity index (χ4n) is 0.377. The minimum atomic E-state index is -3.01. The van der Waals surface area contributed by atoms with E-state index in [0.29, 0.717) is 13.0 Å². The Hall–Kier alpha value is -0.470. The quantitative estimate of drug-likeness (QED) is 0.550. The van der Waals surface area contributed by atoms with E-state index < -0.39 is 11.7 Å². The molecule has 0 heterocycles. The van der Waals surface area contributed by atoms with Crippen LogP contribution in [0, 0.1) is 0 Å². The predicted octanol–water partition coefficient (Wildman–Crippen LogP) is 2.91. The van der Waals surface area contributed by atoms with Crippen LogP contribution in [0.25, 0.3) is 0 Å². The van der Waals surface area contributed by atoms with Gasteiger partial charge in [-0.3, -0.25) is 0 Å². The number of hydrogen-bond acceptors (Lipinski definition) is 0. The Morgan fingerprint density at radius 1 is 1.56 bits per heavy atom. The van der Waals surface area contributed by atoms with Crippen molar-refractivity contribution >= 4 is 0 Å². The summed E-state index contributed by atoms with van der Waals surface area (Å²) in [6, 6.07) is 0. The Kier molecular flexibility index (Phi) is 2.74. The molecule has 0 aromatic carbocycles. The molecule has 0 nitrogen and oxygen atoms in total. The first kappa shape index (κ1) is 8.53. The van der Waals surface area contributed by atoms with Crippen molar-refractivity contribution in [1.82, 2.24) is 0 Å². The summed E-state index contributed by atoms with van der Waals surface area (Å²) < 4.78 is 35.7. The van der Waals surface area contributed by atoms with E-state index in [2.05, 4.69) is 0 Å². The van der Waals surface area contributed by atoms with Crippen LogP contribution in [0.3, 0.4) is 0 Å². The number of hydrogen-bond donors (Lipinski definition) is 0. The van der Waals surface area contributed by atoms with Gasteiger partial charge in [0.25, 0.3) is 5.92 Å². The first-order valence-corrected chi connectivity index (χ1v) is 2.70. The van der Waals surface area contributed by atoms with Gasteiger partial charge < -0.3 is 0 Å². The smallest absolute Gasteiger partial charge is 0.212 e. The average molecular weight is 138 g/mol. The molecular weight excluding hydrogens is 129 g/mol. The van der Waals surface area contributed by atoms with Crippen LogP contribution in [0.5, 0.6) is 0 Å². The van der Waals surface area contributed by atoms with Crippen LogP contribution < -0.4 is 0 Å². The van der Waals surface area contributed by atoms with Crippen LogP contribution in [-0.2, 0) is 0 Å². The Labute approximate surface area is 52.4 Å². The van der Waals surface area contributed by atoms with E-state index in [1.165, 1.54) is 6.92 Å². The highest BCUT2D eigenvalue weighted by Crippen LogP contribution is 2.17. The van der Waals surface area contributed by atoms with Gasteiger partial charge in [0.05, 0.1) is 0 Å². The molecule has 0 fully saturated rings. The van der Waals surface area contributed by atoms with Crippen LogP contribution in [0.2, 0.25) is 0 Å². The van der Waals surface area contributed by atoms with Crippen molar-refractivity contribution in [3.63, 3.8) is 0 Å². The summed E-state index contributed by atoms with van der Waals surface area (Å²) in [4.78, 5) is 0. The van der Waals surface area contributed by atoms with E-state index in [9.17, 15) is 13.2 Å². The number of alkyl halides is 2. The Morgan fingerprint density at radius 3 is 2.11 bits per heavy atom. The number of allylic oxidation sites excluding steroid dienone is 2. The van der Waals surface area contributed by atoms with Crippen LogP contribution >= 0.6 is 0 Å². The first-order chi connectivity index (χ1) is 3.95. The topological polar surface area (TPSA) is 0 Å². The Morgan fingerprint density at radius 2 is 2.00 bits per heavy atom. The summed E-state index contributed by atoms with van der Waals surface area (Å²) in [5, 5.41) is 0. The van der Waals surface area contributed by atoms with Crippen molar-refractivity contribution in [2.24, 2.45) is 0 Å². The molecule has 0 aliphatic rings. The van der Waals surface area contributed by atoms with E-state index in [0.717, 1.165) is 0 Å². The zero-order chi connectivity index (χ0) is 7.49. The molecule has 0 atom stereocenters. The molecular formula is C6H9F3. The maximum absolute atomic E-state index is 12.0. The molecule has 0 radical (unpaired) electrons. The molecule has 9 heavy (non-hydrogen) atoms. The van der Waals surface area contributed by atoms with Gasteiger partial charge in [0.1, 0.15) is 5.83 Å². The van der Waals surface area contributed by atoms with Crippen LogP contribution in [-0.4, -0.2) is 5.92 Å². The highest BCUT2D eigenvalue weighted by Gasteiger charge is 2.17. The third-order valence-electron chi connectivity index (χ3n) is 0.748. The maximum atomic E-state index is 12.0. The van der Waals surface area contributed by atoms with Crippen molar-refractivity contribution in [3.8, 4) is 0 Å². The average Bonchev–Trinajstić information content (AvgIpc) is 1.62. The minimum Gasteiger partial charge on any atom is -0.212 e. The Bertz CT molecular complexity index is 110. The summed E-state index contributed by atoms with van der Waals surface area (Å²) in [5.41, 5.74) is 0. The summed E-state index contributed by atoms with van der Waals surface area (Å²) in [5.74, 6) is -3.78. The largest absolute Gasteiger partial charge is 0.266 e. The molecule has 0 aliphatic carbocycles. The van der Waals surface area contributed by atoms with Gasteiger partial charge in [0.2, 0.25) is 0 Å². The van der Waals surface area contributed by atoms with E-state index in [-0.39, 0.29) is 6.42 Å². The summed E-state index contributed by atoms with van der Waals surface area (Å²) in [6.07, 6.45) is 0.358. The fraction of sp³-hybridized carbons (Fsp3) is 0.667. The second kappa shape index (κ2) is 2.90. The van der Waals surface area contributed by atoms with E-state index in [1.54, 1.807) is 0 Å². The zero-order valence-corrected chi connectivity index (χ0v) is 5.42. The standard InChI is InChI=1S/C6H9F3/c1-3-5(7)4-6(2,8)9/h4H,3H2,1-2H3/b5-4+. The molecule has 54 valence electrons. The molecule has 0 spiro atoms. The van der Waals surface area contributed by atoms with E-state index >= 15 is 0 Å². The van der Waals surface area contributed by atoms with Crippen molar-refractivity contribution in [1.29, 1.82) is 0 Å². The molecule has 0 amide bonds. The van der Waals surface area contributed by atoms with Crippen molar-refractivity contribution in [3.05, 3.63) is 11.9 Å². The highest BCUT2D eigenvalue weighted by atomic mass is 19.3. The maximum Gasteiger partial charge on any atom is 0.266 e. The number of halogens is 3. The molecule has 0 saturated carbocycles. The molecule has 0 N–H and O–H groups in total. The molecule has 0 aromatic heterocycles. The first-order valence-electron chi connectivity index (χ1n) is 2.70. The Balaban J connectivity index is 3.95. The lowest BCUT2D eigenvalue weighted by molar-refractivity contribution is 0.0747. The lowest BCUT2D eigenvalue weighted by atomic mass is 10.3. The lowest BCUT2D eigenvalue weighted by Crippen LogP contribution is -2.04. The predicted molar refractivity (Wildman–Crippen MR) is 30.1 cm³/mol. The number of rotatable bonds is 2. The van der Waals surface area contributed by atoms with Gasteiger partial charge in [0.15, 0.2) is 0 Å². The minimum absolute atomic E-state index is 0.0312. The van der Waals surface area contributed by atoms with E-state index in [4.69, 9.17) is 0 Å². The third-order valence-corrected chi connectivity index (χ3v) is 0.748. The van der Waals surface area contributed by atoms with Gasteiger partial charge in [-0.25, -0.2) is 13.2 Å². The summed E-state index contributed by atoms with van der Waals surface area (Å²) in [7, 11) is 0.